The molecule has 0 aromatic heterocycles. The van der Waals surface area contributed by atoms with Crippen molar-refractivity contribution < 1.29 is 23.8 Å². The maximum atomic E-state index is 12.9. The molecule has 0 bridgehead atoms. The van der Waals surface area contributed by atoms with Crippen molar-refractivity contribution in [3.8, 4) is 5.75 Å². The van der Waals surface area contributed by atoms with Crippen LogP contribution in [0, 0.1) is 5.92 Å². The van der Waals surface area contributed by atoms with Crippen LogP contribution in [0.2, 0.25) is 0 Å². The summed E-state index contributed by atoms with van der Waals surface area (Å²) in [7, 11) is 0. The van der Waals surface area contributed by atoms with Crippen molar-refractivity contribution in [3.05, 3.63) is 23.8 Å². The van der Waals surface area contributed by atoms with Crippen LogP contribution in [0.25, 0.3) is 0 Å². The summed E-state index contributed by atoms with van der Waals surface area (Å²) in [5, 5.41) is 2.88. The van der Waals surface area contributed by atoms with Crippen molar-refractivity contribution in [3.63, 3.8) is 0 Å². The molecule has 158 valence electrons. The van der Waals surface area contributed by atoms with Crippen LogP contribution < -0.4 is 10.1 Å². The first-order valence-corrected chi connectivity index (χ1v) is 10.2. The Morgan fingerprint density at radius 3 is 2.43 bits per heavy atom. The molecular weight excluding hydrogens is 358 g/mol. The Morgan fingerprint density at radius 2 is 1.86 bits per heavy atom. The van der Waals surface area contributed by atoms with E-state index in [1.54, 1.807) is 32.0 Å². The van der Waals surface area contributed by atoms with Gasteiger partial charge in [0.25, 0.3) is 5.91 Å². The minimum Gasteiger partial charge on any atom is -0.492 e. The zero-order chi connectivity index (χ0) is 21.2. The second-order valence-corrected chi connectivity index (χ2v) is 7.42. The summed E-state index contributed by atoms with van der Waals surface area (Å²) in [4.78, 5) is 25.2. The molecule has 0 aliphatic heterocycles. The number of ether oxygens (including phenoxy) is 3. The molecule has 1 atom stereocenters. The topological polar surface area (TPSA) is 73.9 Å². The average molecular weight is 394 g/mol. The third-order valence-corrected chi connectivity index (χ3v) is 4.14. The molecule has 1 amide bonds. The van der Waals surface area contributed by atoms with Crippen LogP contribution in [-0.2, 0) is 14.3 Å². The summed E-state index contributed by atoms with van der Waals surface area (Å²) < 4.78 is 16.7. The number of carbonyl (C=O) groups is 2. The van der Waals surface area contributed by atoms with Gasteiger partial charge < -0.3 is 19.5 Å². The van der Waals surface area contributed by atoms with E-state index in [2.05, 4.69) is 5.32 Å². The number of hydrogen-bond donors (Lipinski definition) is 1. The second-order valence-electron chi connectivity index (χ2n) is 7.42. The van der Waals surface area contributed by atoms with Crippen molar-refractivity contribution >= 4 is 17.6 Å². The quantitative estimate of drug-likeness (QED) is 0.515. The van der Waals surface area contributed by atoms with Crippen molar-refractivity contribution in [2.24, 2.45) is 5.92 Å². The largest absolute Gasteiger partial charge is 0.492 e. The maximum Gasteiger partial charge on any atom is 0.341 e. The molecule has 0 aliphatic rings. The smallest absolute Gasteiger partial charge is 0.341 e. The molecule has 0 saturated carbocycles. The summed E-state index contributed by atoms with van der Waals surface area (Å²) in [5.74, 6) is 0.0629. The summed E-state index contributed by atoms with van der Waals surface area (Å²) >= 11 is 0. The van der Waals surface area contributed by atoms with E-state index >= 15 is 0 Å². The predicted molar refractivity (Wildman–Crippen MR) is 111 cm³/mol. The molecule has 6 nitrogen and oxygen atoms in total. The Bertz CT molecular complexity index is 644. The minimum atomic E-state index is -0.915. The van der Waals surface area contributed by atoms with Gasteiger partial charge >= 0.3 is 5.97 Å². The van der Waals surface area contributed by atoms with Gasteiger partial charge in [0.1, 0.15) is 16.9 Å². The van der Waals surface area contributed by atoms with Crippen LogP contribution in [0.4, 0.5) is 5.69 Å². The van der Waals surface area contributed by atoms with Gasteiger partial charge in [-0.25, -0.2) is 4.79 Å². The molecule has 1 aromatic carbocycles. The van der Waals surface area contributed by atoms with Crippen molar-refractivity contribution in [2.45, 2.75) is 66.4 Å². The van der Waals surface area contributed by atoms with Gasteiger partial charge in [-0.05, 0) is 50.8 Å². The van der Waals surface area contributed by atoms with Crippen LogP contribution in [0.5, 0.6) is 5.75 Å². The van der Waals surface area contributed by atoms with Gasteiger partial charge in [0.05, 0.1) is 13.2 Å². The Morgan fingerprint density at radius 1 is 1.14 bits per heavy atom. The molecule has 0 saturated heterocycles. The van der Waals surface area contributed by atoms with Gasteiger partial charge in [0.2, 0.25) is 0 Å². The summed E-state index contributed by atoms with van der Waals surface area (Å²) in [6, 6.07) is 5.01. The van der Waals surface area contributed by atoms with Crippen LogP contribution in [0.15, 0.2) is 18.2 Å². The van der Waals surface area contributed by atoms with E-state index in [1.807, 2.05) is 27.7 Å². The fourth-order valence-corrected chi connectivity index (χ4v) is 2.68. The summed E-state index contributed by atoms with van der Waals surface area (Å²) in [6.45, 7) is 12.9. The molecule has 0 aliphatic carbocycles. The monoisotopic (exact) mass is 393 g/mol. The highest BCUT2D eigenvalue weighted by Gasteiger charge is 2.33. The van der Waals surface area contributed by atoms with Gasteiger partial charge in [-0.15, -0.1) is 0 Å². The number of anilines is 1. The van der Waals surface area contributed by atoms with Crippen LogP contribution in [-0.4, -0.2) is 37.3 Å². The van der Waals surface area contributed by atoms with Crippen LogP contribution in [0.3, 0.4) is 0 Å². The molecule has 0 radical (unpaired) electrons. The van der Waals surface area contributed by atoms with Crippen LogP contribution in [0.1, 0.15) is 71.2 Å². The highest BCUT2D eigenvalue weighted by Crippen LogP contribution is 2.26. The lowest BCUT2D eigenvalue weighted by atomic mass is 9.98. The maximum absolute atomic E-state index is 12.9. The zero-order valence-electron chi connectivity index (χ0n) is 18.1. The molecule has 0 spiro atoms. The summed E-state index contributed by atoms with van der Waals surface area (Å²) in [5.41, 5.74) is -0.110. The zero-order valence-corrected chi connectivity index (χ0v) is 18.1. The fourth-order valence-electron chi connectivity index (χ4n) is 2.68. The number of carbonyl (C=O) groups excluding carboxylic acids is 2. The van der Waals surface area contributed by atoms with Crippen LogP contribution >= 0.6 is 0 Å². The van der Waals surface area contributed by atoms with Gasteiger partial charge in [-0.3, -0.25) is 4.79 Å². The average Bonchev–Trinajstić information content (AvgIpc) is 2.65. The van der Waals surface area contributed by atoms with E-state index in [0.29, 0.717) is 42.6 Å². The lowest BCUT2D eigenvalue weighted by Gasteiger charge is -2.28. The lowest BCUT2D eigenvalue weighted by Crippen LogP contribution is -2.43. The fraction of sp³-hybridized carbons (Fsp3) is 0.636. The first-order chi connectivity index (χ1) is 13.3. The lowest BCUT2D eigenvalue weighted by molar-refractivity contribution is -0.140. The third-order valence-electron chi connectivity index (χ3n) is 4.14. The minimum absolute atomic E-state index is 0.228. The second kappa shape index (κ2) is 11.7. The molecule has 1 aromatic rings. The van der Waals surface area contributed by atoms with E-state index in [-0.39, 0.29) is 12.5 Å². The van der Waals surface area contributed by atoms with Gasteiger partial charge in [0.15, 0.2) is 0 Å². The first-order valence-electron chi connectivity index (χ1n) is 10.2. The molecule has 6 heteroatoms. The summed E-state index contributed by atoms with van der Waals surface area (Å²) in [6.07, 6.45) is 2.27. The third kappa shape index (κ3) is 7.15. The van der Waals surface area contributed by atoms with E-state index < -0.39 is 11.6 Å². The van der Waals surface area contributed by atoms with Gasteiger partial charge in [0, 0.05) is 12.3 Å². The Hall–Kier alpha value is -2.08. The van der Waals surface area contributed by atoms with Crippen molar-refractivity contribution in [2.75, 3.05) is 25.1 Å². The SMILES string of the molecule is CCCO[C@@](C)(CCC)C(=O)Nc1ccc(OCC(C)C)c(C(=O)OCC)c1. The highest BCUT2D eigenvalue weighted by atomic mass is 16.5. The van der Waals surface area contributed by atoms with E-state index in [9.17, 15) is 9.59 Å². The molecule has 0 unspecified atom stereocenters. The molecule has 1 rings (SSSR count). The normalized spacial score (nSPS) is 13.1. The molecule has 1 N–H and O–H groups in total. The van der Waals surface area contributed by atoms with Gasteiger partial charge in [-0.2, -0.15) is 0 Å². The molecule has 0 heterocycles. The predicted octanol–water partition coefficient (Wildman–Crippen LogP) is 4.82. The molecule has 0 fully saturated rings. The Labute approximate surface area is 168 Å². The Balaban J connectivity index is 3.07. The van der Waals surface area contributed by atoms with E-state index in [0.717, 1.165) is 12.8 Å². The number of esters is 1. The van der Waals surface area contributed by atoms with E-state index in [4.69, 9.17) is 14.2 Å². The Kier molecular flexibility index (Phi) is 10.0. The van der Waals surface area contributed by atoms with E-state index in [1.165, 1.54) is 0 Å². The van der Waals surface area contributed by atoms with Gasteiger partial charge in [-0.1, -0.05) is 34.1 Å². The highest BCUT2D eigenvalue weighted by molar-refractivity contribution is 5.99. The number of amides is 1. The van der Waals surface area contributed by atoms with Crippen molar-refractivity contribution in [1.82, 2.24) is 0 Å². The molecular formula is C22H35NO5. The number of nitrogens with one attached hydrogen (secondary N) is 1. The standard InChI is InChI=1S/C22H35NO5/c1-7-12-22(6,28-13-8-2)21(25)23-17-10-11-19(27-15-16(4)5)18(14-17)20(24)26-9-3/h10-11,14,16H,7-9,12-13,15H2,1-6H3,(H,23,25)/t22-/m0/s1. The van der Waals surface area contributed by atoms with Crippen molar-refractivity contribution in [1.29, 1.82) is 0 Å². The number of rotatable bonds is 12. The number of benzene rings is 1. The first kappa shape index (κ1) is 24.0. The number of hydrogen-bond acceptors (Lipinski definition) is 5. The molecule has 28 heavy (non-hydrogen) atoms.